The van der Waals surface area contributed by atoms with Crippen LogP contribution < -0.4 is 4.90 Å². The normalized spacial score (nSPS) is 25.8. The van der Waals surface area contributed by atoms with E-state index in [0.717, 1.165) is 20.0 Å². The number of hydrogen-bond donors (Lipinski definition) is 1. The lowest BCUT2D eigenvalue weighted by molar-refractivity contribution is -0.116. The molecule has 1 N–H and O–H groups in total. The van der Waals surface area contributed by atoms with Crippen LogP contribution in [0.1, 0.15) is 13.8 Å². The molecule has 13 heteroatoms. The highest BCUT2D eigenvalue weighted by molar-refractivity contribution is 9.00. The number of amides is 3. The highest BCUT2D eigenvalue weighted by Crippen LogP contribution is 3.07. The lowest BCUT2D eigenvalue weighted by atomic mass is 10.1. The molecular formula is C16H27N4O3P6+. The first-order valence-electron chi connectivity index (χ1n) is 8.95. The van der Waals surface area contributed by atoms with Crippen molar-refractivity contribution in [3.8, 4) is 0 Å². The van der Waals surface area contributed by atoms with E-state index in [1.54, 1.807) is 22.7 Å². The number of urea groups is 1. The average molecular weight is 509 g/mol. The van der Waals surface area contributed by atoms with Gasteiger partial charge in [0.25, 0.3) is 5.91 Å². The largest absolute Gasteiger partial charge is 0.512 e. The molecule has 6 unspecified atom stereocenters. The molecule has 1 aromatic heterocycles. The Kier molecular flexibility index (Phi) is 7.55. The molecule has 3 amide bonds. The lowest BCUT2D eigenvalue weighted by Gasteiger charge is -2.18. The van der Waals surface area contributed by atoms with Gasteiger partial charge in [0, 0.05) is 41.8 Å². The van der Waals surface area contributed by atoms with E-state index in [9.17, 15) is 14.7 Å². The average Bonchev–Trinajstić information content (AvgIpc) is 3.23. The van der Waals surface area contributed by atoms with E-state index in [4.69, 9.17) is 0 Å². The molecule has 0 saturated carbocycles. The first-order valence-corrected chi connectivity index (χ1v) is 19.7. The minimum Gasteiger partial charge on any atom is -0.512 e. The molecule has 2 aliphatic rings. The summed E-state index contributed by atoms with van der Waals surface area (Å²) in [5.41, 5.74) is 2.35. The van der Waals surface area contributed by atoms with Gasteiger partial charge in [-0.25, -0.2) is 9.69 Å². The molecule has 3 rings (SSSR count). The Bertz CT molecular complexity index is 882. The van der Waals surface area contributed by atoms with E-state index in [0.29, 0.717) is 30.0 Å². The monoisotopic (exact) mass is 509 g/mol. The number of anilines is 1. The molecule has 158 valence electrons. The van der Waals surface area contributed by atoms with Crippen molar-refractivity contribution in [3.63, 3.8) is 0 Å². The highest BCUT2D eigenvalue weighted by atomic mass is 33.0. The van der Waals surface area contributed by atoms with Gasteiger partial charge in [0.15, 0.2) is 0 Å². The number of nitrogens with zero attached hydrogens (tertiary/aromatic N) is 4. The van der Waals surface area contributed by atoms with Crippen LogP contribution in [0.2, 0.25) is 0 Å². The number of aromatic nitrogens is 2. The third kappa shape index (κ3) is 5.26. The molecule has 0 spiro atoms. The summed E-state index contributed by atoms with van der Waals surface area (Å²) in [6.07, 6.45) is 3.26. The Morgan fingerprint density at radius 3 is 2.69 bits per heavy atom. The van der Waals surface area contributed by atoms with Crippen LogP contribution in [-0.2, 0) is 11.3 Å². The second-order valence-electron chi connectivity index (χ2n) is 7.37. The number of carbonyl (C=O) groups excluding carboxylic acids is 2. The third-order valence-electron chi connectivity index (χ3n) is 4.86. The number of hydrogen-bond acceptors (Lipinski definition) is 4. The lowest BCUT2D eigenvalue weighted by Crippen LogP contribution is -2.36. The van der Waals surface area contributed by atoms with E-state index in [1.807, 2.05) is 6.92 Å². The quantitative estimate of drug-likeness (QED) is 0.258. The predicted molar refractivity (Wildman–Crippen MR) is 137 cm³/mol. The van der Waals surface area contributed by atoms with Crippen LogP contribution >= 0.6 is 48.4 Å². The minimum absolute atomic E-state index is 0.0644. The SMILES string of the molecule is C=C(C)/C(Cn1cc(N2C(=O)CN(CC3C[P+](P)(P)P(P)P3)C2=O)cn1)=C(/C)O. The Labute approximate surface area is 181 Å². The number of aliphatic hydroxyl groups excluding tert-OH is 1. The molecule has 3 heterocycles. The van der Waals surface area contributed by atoms with Crippen molar-refractivity contribution in [1.29, 1.82) is 0 Å². The van der Waals surface area contributed by atoms with E-state index in [-0.39, 0.29) is 31.2 Å². The molecule has 0 aliphatic carbocycles. The first kappa shape index (κ1) is 23.7. The van der Waals surface area contributed by atoms with Gasteiger partial charge in [0.1, 0.15) is 6.54 Å². The molecule has 2 fully saturated rings. The topological polar surface area (TPSA) is 78.7 Å². The molecule has 2 saturated heterocycles. The standard InChI is InChI=1S/C16H26N4O3P6/c1-10(2)14(11(3)21)7-19-5-12(4-17-19)20-15(22)8-18(16(20)23)6-13-9-29(25,26)28(24)27-13/h4-5,13,27H,1,6-9,24-26H2,2-3H3/p+1/b14-11-. The number of carbonyl (C=O) groups is 2. The number of aliphatic hydroxyl groups is 1. The van der Waals surface area contributed by atoms with Crippen molar-refractivity contribution >= 4 is 66.0 Å². The number of allylic oxidation sites excluding steroid dienone is 3. The Morgan fingerprint density at radius 1 is 1.45 bits per heavy atom. The maximum atomic E-state index is 12.9. The third-order valence-corrected chi connectivity index (χ3v) is 37.1. The Morgan fingerprint density at radius 2 is 2.14 bits per heavy atom. The van der Waals surface area contributed by atoms with Crippen LogP contribution in [-0.4, -0.2) is 56.6 Å². The fourth-order valence-electron chi connectivity index (χ4n) is 3.36. The number of rotatable bonds is 6. The van der Waals surface area contributed by atoms with Crippen molar-refractivity contribution in [1.82, 2.24) is 14.7 Å². The van der Waals surface area contributed by atoms with E-state index in [1.165, 1.54) is 11.1 Å². The summed E-state index contributed by atoms with van der Waals surface area (Å²) in [6.45, 7) is 8.30. The van der Waals surface area contributed by atoms with Crippen molar-refractivity contribution in [2.75, 3.05) is 24.2 Å². The second-order valence-corrected chi connectivity index (χ2v) is 32.5. The summed E-state index contributed by atoms with van der Waals surface area (Å²) in [7, 11) is 9.93. The molecule has 0 bridgehead atoms. The van der Waals surface area contributed by atoms with Crippen molar-refractivity contribution in [2.24, 2.45) is 0 Å². The molecule has 0 aromatic carbocycles. The summed E-state index contributed by atoms with van der Waals surface area (Å²) in [5, 5.41) is 14.1. The molecule has 6 atom stereocenters. The fourth-order valence-corrected chi connectivity index (χ4v) is 24.1. The van der Waals surface area contributed by atoms with Crippen LogP contribution in [0.15, 0.2) is 35.9 Å². The molecule has 0 radical (unpaired) electrons. The summed E-state index contributed by atoms with van der Waals surface area (Å²) < 4.78 is 1.60. The van der Waals surface area contributed by atoms with Gasteiger partial charge in [0.05, 0.1) is 43.7 Å². The number of imide groups is 1. The summed E-state index contributed by atoms with van der Waals surface area (Å²) in [6, 6.07) is -0.273. The Balaban J connectivity index is 1.70. The maximum Gasteiger partial charge on any atom is 0.332 e. The van der Waals surface area contributed by atoms with Crippen LogP contribution in [0.3, 0.4) is 0 Å². The zero-order valence-corrected chi connectivity index (χ0v) is 22.7. The minimum atomic E-state index is -1.04. The smallest absolute Gasteiger partial charge is 0.332 e. The van der Waals surface area contributed by atoms with Crippen LogP contribution in [0.5, 0.6) is 0 Å². The van der Waals surface area contributed by atoms with Gasteiger partial charge in [0.2, 0.25) is 0 Å². The highest BCUT2D eigenvalue weighted by Gasteiger charge is 2.48. The predicted octanol–water partition coefficient (Wildman–Crippen LogP) is 4.82. The van der Waals surface area contributed by atoms with Crippen LogP contribution in [0.4, 0.5) is 10.5 Å². The van der Waals surface area contributed by atoms with E-state index < -0.39 is 6.33 Å². The second kappa shape index (κ2) is 9.25. The first-order chi connectivity index (χ1) is 13.5. The molecular weight excluding hydrogens is 482 g/mol. The zero-order valence-electron chi connectivity index (χ0n) is 16.4. The van der Waals surface area contributed by atoms with Gasteiger partial charge in [-0.05, 0) is 27.7 Å². The van der Waals surface area contributed by atoms with Gasteiger partial charge in [-0.2, -0.15) is 5.10 Å². The summed E-state index contributed by atoms with van der Waals surface area (Å²) >= 11 is 0. The van der Waals surface area contributed by atoms with E-state index in [2.05, 4.69) is 38.5 Å². The van der Waals surface area contributed by atoms with Crippen LogP contribution in [0, 0.1) is 0 Å². The molecule has 29 heavy (non-hydrogen) atoms. The van der Waals surface area contributed by atoms with Crippen LogP contribution in [0.25, 0.3) is 0 Å². The van der Waals surface area contributed by atoms with Gasteiger partial charge < -0.3 is 10.0 Å². The van der Waals surface area contributed by atoms with Gasteiger partial charge in [-0.3, -0.25) is 9.48 Å². The molecule has 1 aromatic rings. The Hall–Kier alpha value is 0.01000. The molecule has 2 aliphatic heterocycles. The maximum absolute atomic E-state index is 12.9. The van der Waals surface area contributed by atoms with Gasteiger partial charge >= 0.3 is 6.03 Å². The van der Waals surface area contributed by atoms with Gasteiger partial charge in [-0.15, -0.1) is 0 Å². The van der Waals surface area contributed by atoms with E-state index >= 15 is 0 Å². The molecule has 7 nitrogen and oxygen atoms in total. The summed E-state index contributed by atoms with van der Waals surface area (Å²) in [4.78, 5) is 28.4. The summed E-state index contributed by atoms with van der Waals surface area (Å²) in [5.74, 6) is -0.0431. The van der Waals surface area contributed by atoms with Crippen molar-refractivity contribution in [3.05, 3.63) is 35.9 Å². The van der Waals surface area contributed by atoms with Crippen molar-refractivity contribution < 1.29 is 14.7 Å². The fraction of sp³-hybridized carbons (Fsp3) is 0.438. The van der Waals surface area contributed by atoms with Crippen molar-refractivity contribution in [2.45, 2.75) is 26.1 Å². The zero-order chi connectivity index (χ0) is 21.5. The van der Waals surface area contributed by atoms with Gasteiger partial charge in [-0.1, -0.05) is 15.5 Å².